The summed E-state index contributed by atoms with van der Waals surface area (Å²) in [5, 5.41) is 4.17. The molecule has 234 valence electrons. The summed E-state index contributed by atoms with van der Waals surface area (Å²) >= 11 is 0. The Hall–Kier alpha value is -5.80. The van der Waals surface area contributed by atoms with Gasteiger partial charge in [-0.1, -0.05) is 58.7 Å². The van der Waals surface area contributed by atoms with E-state index in [0.29, 0.717) is 28.2 Å². The summed E-state index contributed by atoms with van der Waals surface area (Å²) in [6.07, 6.45) is -4.55. The maximum Gasteiger partial charge on any atom is 0.416 e. The van der Waals surface area contributed by atoms with Gasteiger partial charge >= 0.3 is 6.18 Å². The molecule has 2 aromatic heterocycles. The van der Waals surface area contributed by atoms with Crippen LogP contribution in [-0.2, 0) is 6.18 Å². The lowest BCUT2D eigenvalue weighted by Crippen LogP contribution is -2.08. The molecule has 0 N–H and O–H groups in total. The summed E-state index contributed by atoms with van der Waals surface area (Å²) in [5.41, 5.74) is 10.0. The predicted molar refractivity (Wildman–Crippen MR) is 191 cm³/mol. The second-order valence-electron chi connectivity index (χ2n) is 12.8. The van der Waals surface area contributed by atoms with Gasteiger partial charge in [-0.2, -0.15) is 13.2 Å². The molecular weight excluding hydrogens is 603 g/mol. The van der Waals surface area contributed by atoms with Crippen molar-refractivity contribution in [3.05, 3.63) is 148 Å². The lowest BCUT2D eigenvalue weighted by atomic mass is 9.97. The Labute approximate surface area is 275 Å². The average molecular weight is 634 g/mol. The van der Waals surface area contributed by atoms with Crippen molar-refractivity contribution in [1.29, 1.82) is 0 Å². The van der Waals surface area contributed by atoms with Gasteiger partial charge in [0.2, 0.25) is 0 Å². The van der Waals surface area contributed by atoms with Gasteiger partial charge in [0.25, 0.3) is 0 Å². The third-order valence-corrected chi connectivity index (χ3v) is 9.36. The molecule has 2 heterocycles. The molecule has 0 aliphatic carbocycles. The van der Waals surface area contributed by atoms with Crippen LogP contribution in [0, 0.1) is 34.3 Å². The number of hydrogen-bond donors (Lipinski definition) is 0. The molecule has 6 heteroatoms. The summed E-state index contributed by atoms with van der Waals surface area (Å²) in [6, 6.07) is 34.2. The second-order valence-corrected chi connectivity index (χ2v) is 12.8. The van der Waals surface area contributed by atoms with Crippen LogP contribution in [-0.4, -0.2) is 9.13 Å². The number of alkyl halides is 3. The van der Waals surface area contributed by atoms with E-state index in [-0.39, 0.29) is 0 Å². The Morgan fingerprint density at radius 2 is 0.917 bits per heavy atom. The van der Waals surface area contributed by atoms with E-state index in [1.807, 2.05) is 64.1 Å². The van der Waals surface area contributed by atoms with Gasteiger partial charge in [-0.05, 0) is 100 Å². The van der Waals surface area contributed by atoms with Crippen LogP contribution in [0.15, 0.2) is 109 Å². The third kappa shape index (κ3) is 4.57. The van der Waals surface area contributed by atoms with Crippen LogP contribution < -0.4 is 0 Å². The average Bonchev–Trinajstić information content (AvgIpc) is 3.54. The summed E-state index contributed by atoms with van der Waals surface area (Å²) in [7, 11) is 0. The SMILES string of the molecule is [C-]#[N+]c1ccc(-c2cc(C(F)(F)F)ccc2-n2c3ccc(C)cc3c3cc(C)ccc32)c(-n2c3ccc(C)cc3c3cc(C)ccc32)c1. The summed E-state index contributed by atoms with van der Waals surface area (Å²) in [6.45, 7) is 16.1. The molecule has 0 aliphatic rings. The molecule has 8 aromatic rings. The first-order valence-corrected chi connectivity index (χ1v) is 15.8. The Morgan fingerprint density at radius 3 is 1.33 bits per heavy atom. The largest absolute Gasteiger partial charge is 0.416 e. The number of aryl methyl sites for hydroxylation is 4. The first kappa shape index (κ1) is 29.6. The molecule has 0 amide bonds. The number of hydrogen-bond acceptors (Lipinski definition) is 0. The normalized spacial score (nSPS) is 12.0. The third-order valence-electron chi connectivity index (χ3n) is 9.36. The van der Waals surface area contributed by atoms with Crippen LogP contribution >= 0.6 is 0 Å². The zero-order chi connectivity index (χ0) is 33.5. The van der Waals surface area contributed by atoms with Gasteiger partial charge in [0.1, 0.15) is 0 Å². The molecule has 0 spiro atoms. The van der Waals surface area contributed by atoms with E-state index in [1.165, 1.54) is 6.07 Å². The van der Waals surface area contributed by atoms with Crippen LogP contribution in [0.3, 0.4) is 0 Å². The minimum atomic E-state index is -4.55. The maximum atomic E-state index is 14.5. The van der Waals surface area contributed by atoms with Crippen molar-refractivity contribution in [2.24, 2.45) is 0 Å². The van der Waals surface area contributed by atoms with Crippen molar-refractivity contribution in [3.63, 3.8) is 0 Å². The zero-order valence-corrected chi connectivity index (χ0v) is 26.9. The zero-order valence-electron chi connectivity index (χ0n) is 26.9. The monoisotopic (exact) mass is 633 g/mol. The molecule has 0 radical (unpaired) electrons. The molecular formula is C42H30F3N3. The van der Waals surface area contributed by atoms with Gasteiger partial charge in [-0.25, -0.2) is 4.85 Å². The molecule has 0 fully saturated rings. The molecule has 6 aromatic carbocycles. The van der Waals surface area contributed by atoms with Crippen LogP contribution in [0.1, 0.15) is 27.8 Å². The van der Waals surface area contributed by atoms with Crippen molar-refractivity contribution in [1.82, 2.24) is 9.13 Å². The molecule has 8 rings (SSSR count). The molecule has 0 unspecified atom stereocenters. The van der Waals surface area contributed by atoms with Gasteiger partial charge in [-0.15, -0.1) is 0 Å². The number of nitrogens with zero attached hydrogens (tertiary/aromatic N) is 3. The van der Waals surface area contributed by atoms with Crippen LogP contribution in [0.25, 0.3) is 71.0 Å². The standard InChI is InChI=1S/C42H30F3N3/c1-24-6-13-36-31(18-24)32-19-25(2)7-14-37(32)47(36)40-17-10-28(42(43,44)45)22-35(40)30-12-11-29(46-5)23-41(30)48-38-15-8-26(3)20-33(38)34-21-27(4)9-16-39(34)48/h6-23H,1-4H3. The smallest absolute Gasteiger partial charge is 0.310 e. The van der Waals surface area contributed by atoms with E-state index in [1.54, 1.807) is 24.3 Å². The van der Waals surface area contributed by atoms with Crippen LogP contribution in [0.5, 0.6) is 0 Å². The lowest BCUT2D eigenvalue weighted by Gasteiger charge is -2.20. The van der Waals surface area contributed by atoms with Crippen molar-refractivity contribution < 1.29 is 13.2 Å². The summed E-state index contributed by atoms with van der Waals surface area (Å²) in [5.74, 6) is 0. The lowest BCUT2D eigenvalue weighted by molar-refractivity contribution is -0.137. The van der Waals surface area contributed by atoms with Crippen molar-refractivity contribution in [2.75, 3.05) is 0 Å². The minimum absolute atomic E-state index is 0.402. The van der Waals surface area contributed by atoms with Crippen LogP contribution in [0.2, 0.25) is 0 Å². The number of halogens is 3. The first-order valence-electron chi connectivity index (χ1n) is 15.8. The fourth-order valence-corrected chi connectivity index (χ4v) is 7.15. The fraction of sp³-hybridized carbons (Fsp3) is 0.119. The highest BCUT2D eigenvalue weighted by molar-refractivity contribution is 6.12. The van der Waals surface area contributed by atoms with Crippen molar-refractivity contribution in [2.45, 2.75) is 33.9 Å². The highest BCUT2D eigenvalue weighted by Gasteiger charge is 2.32. The second kappa shape index (κ2) is 10.6. The van der Waals surface area contributed by atoms with Gasteiger partial charge in [0.05, 0.1) is 39.9 Å². The number of aromatic nitrogens is 2. The molecule has 3 nitrogen and oxygen atoms in total. The first-order chi connectivity index (χ1) is 23.0. The van der Waals surface area contributed by atoms with Gasteiger partial charge in [0.15, 0.2) is 5.69 Å². The van der Waals surface area contributed by atoms with E-state index >= 15 is 0 Å². The van der Waals surface area contributed by atoms with Crippen molar-refractivity contribution >= 4 is 49.3 Å². The Morgan fingerprint density at radius 1 is 0.479 bits per heavy atom. The van der Waals surface area contributed by atoms with Gasteiger partial charge < -0.3 is 9.13 Å². The Bertz CT molecular complexity index is 2540. The minimum Gasteiger partial charge on any atom is -0.310 e. The summed E-state index contributed by atoms with van der Waals surface area (Å²) in [4.78, 5) is 3.74. The Kier molecular flexibility index (Phi) is 6.54. The van der Waals surface area contributed by atoms with E-state index in [0.717, 1.165) is 71.9 Å². The number of rotatable bonds is 3. The topological polar surface area (TPSA) is 14.2 Å². The van der Waals surface area contributed by atoms with E-state index in [4.69, 9.17) is 6.57 Å². The van der Waals surface area contributed by atoms with Crippen LogP contribution in [0.4, 0.5) is 18.9 Å². The highest BCUT2D eigenvalue weighted by atomic mass is 19.4. The number of benzene rings is 6. The Balaban J connectivity index is 1.53. The highest BCUT2D eigenvalue weighted by Crippen LogP contribution is 2.44. The molecule has 0 atom stereocenters. The van der Waals surface area contributed by atoms with E-state index in [2.05, 4.69) is 50.4 Å². The molecule has 0 bridgehead atoms. The predicted octanol–water partition coefficient (Wildman–Crippen LogP) is 12.4. The quantitative estimate of drug-likeness (QED) is 0.172. The van der Waals surface area contributed by atoms with Crippen molar-refractivity contribution in [3.8, 4) is 22.5 Å². The molecule has 0 saturated heterocycles. The maximum absolute atomic E-state index is 14.5. The molecule has 48 heavy (non-hydrogen) atoms. The van der Waals surface area contributed by atoms with E-state index < -0.39 is 11.7 Å². The van der Waals surface area contributed by atoms with Gasteiger partial charge in [-0.3, -0.25) is 0 Å². The fourth-order valence-electron chi connectivity index (χ4n) is 7.15. The summed E-state index contributed by atoms with van der Waals surface area (Å²) < 4.78 is 47.6. The van der Waals surface area contributed by atoms with E-state index in [9.17, 15) is 13.2 Å². The molecule has 0 aliphatic heterocycles. The molecule has 0 saturated carbocycles. The van der Waals surface area contributed by atoms with Gasteiger partial charge in [0, 0.05) is 38.4 Å². The number of fused-ring (bicyclic) bond motifs is 6.